The summed E-state index contributed by atoms with van der Waals surface area (Å²) in [5.74, 6) is -0.724. The fourth-order valence-electron chi connectivity index (χ4n) is 2.08. The molecule has 0 atom stereocenters. The molecule has 0 spiro atoms. The maximum absolute atomic E-state index is 12.3. The summed E-state index contributed by atoms with van der Waals surface area (Å²) >= 11 is 0. The molecule has 136 valence electrons. The zero-order valence-electron chi connectivity index (χ0n) is 14.4. The van der Waals surface area contributed by atoms with Gasteiger partial charge in [-0.1, -0.05) is 17.7 Å². The molecule has 1 heterocycles. The molecule has 0 saturated carbocycles. The number of nitrogens with zero attached hydrogens (tertiary/aromatic N) is 3. The van der Waals surface area contributed by atoms with Gasteiger partial charge in [-0.15, -0.1) is 0 Å². The Bertz CT molecular complexity index is 953. The van der Waals surface area contributed by atoms with Crippen molar-refractivity contribution >= 4 is 22.1 Å². The molecule has 9 heteroatoms. The van der Waals surface area contributed by atoms with Crippen LogP contribution in [0.15, 0.2) is 46.5 Å². The lowest BCUT2D eigenvalue weighted by molar-refractivity contribution is 0.0981. The van der Waals surface area contributed by atoms with E-state index < -0.39 is 15.9 Å². The van der Waals surface area contributed by atoms with E-state index in [0.29, 0.717) is 18.7 Å². The molecule has 26 heavy (non-hydrogen) atoms. The molecule has 2 aromatic rings. The average molecular weight is 373 g/mol. The summed E-state index contributed by atoms with van der Waals surface area (Å²) < 4.78 is 28.3. The molecule has 0 bridgehead atoms. The largest absolute Gasteiger partial charge is 0.349 e. The van der Waals surface area contributed by atoms with E-state index in [4.69, 9.17) is 5.26 Å². The third-order valence-electron chi connectivity index (χ3n) is 3.50. The van der Waals surface area contributed by atoms with E-state index in [2.05, 4.69) is 15.2 Å². The Hall–Kier alpha value is -3.12. The molecule has 2 N–H and O–H groups in total. The van der Waals surface area contributed by atoms with Gasteiger partial charge in [0.15, 0.2) is 0 Å². The summed E-state index contributed by atoms with van der Waals surface area (Å²) in [6.45, 7) is 2.26. The molecule has 0 radical (unpaired) electrons. The standard InChI is InChI=1S/C17H19N5O3S/c1-13-4-6-16(7-5-13)26(24,25)21-17(23)14-10-15(22(2)12-14)11-20-19-9-3-8-18/h4-7,10-12,19H,3,9H2,1-2H3,(H,21,23)/b20-11+. The summed E-state index contributed by atoms with van der Waals surface area (Å²) in [5.41, 5.74) is 4.42. The van der Waals surface area contributed by atoms with Crippen molar-refractivity contribution in [2.24, 2.45) is 12.1 Å². The van der Waals surface area contributed by atoms with Crippen molar-refractivity contribution in [1.29, 1.82) is 5.26 Å². The highest BCUT2D eigenvalue weighted by Gasteiger charge is 2.19. The van der Waals surface area contributed by atoms with E-state index in [1.165, 1.54) is 30.6 Å². The second-order valence-electron chi connectivity index (χ2n) is 5.59. The molecule has 0 aliphatic heterocycles. The Kier molecular flexibility index (Phi) is 6.14. The van der Waals surface area contributed by atoms with Crippen molar-refractivity contribution in [2.75, 3.05) is 6.54 Å². The number of carbonyl (C=O) groups excluding carboxylic acids is 1. The maximum Gasteiger partial charge on any atom is 0.266 e. The summed E-state index contributed by atoms with van der Waals surface area (Å²) in [7, 11) is -2.23. The number of benzene rings is 1. The van der Waals surface area contributed by atoms with Crippen LogP contribution in [-0.4, -0.2) is 31.7 Å². The van der Waals surface area contributed by atoms with Gasteiger partial charge >= 0.3 is 0 Å². The Morgan fingerprint density at radius 1 is 1.35 bits per heavy atom. The molecule has 0 fully saturated rings. The molecular formula is C17H19N5O3S. The van der Waals surface area contributed by atoms with Crippen molar-refractivity contribution < 1.29 is 13.2 Å². The zero-order valence-corrected chi connectivity index (χ0v) is 15.2. The van der Waals surface area contributed by atoms with Gasteiger partial charge in [-0.3, -0.25) is 4.79 Å². The predicted octanol–water partition coefficient (Wildman–Crippen LogP) is 1.29. The molecule has 1 aromatic heterocycles. The second-order valence-corrected chi connectivity index (χ2v) is 7.27. The van der Waals surface area contributed by atoms with Crippen LogP contribution in [0.5, 0.6) is 0 Å². The Labute approximate surface area is 152 Å². The molecule has 0 unspecified atom stereocenters. The van der Waals surface area contributed by atoms with Crippen LogP contribution in [0.3, 0.4) is 0 Å². The lowest BCUT2D eigenvalue weighted by Gasteiger charge is -2.06. The summed E-state index contributed by atoms with van der Waals surface area (Å²) in [4.78, 5) is 12.3. The SMILES string of the molecule is Cc1ccc(S(=O)(=O)NC(=O)c2cc(/C=N/NCCC#N)n(C)c2)cc1. The predicted molar refractivity (Wildman–Crippen MR) is 97.1 cm³/mol. The monoisotopic (exact) mass is 373 g/mol. The van der Waals surface area contributed by atoms with Crippen molar-refractivity contribution in [1.82, 2.24) is 14.7 Å². The van der Waals surface area contributed by atoms with E-state index in [9.17, 15) is 13.2 Å². The highest BCUT2D eigenvalue weighted by atomic mass is 32.2. The summed E-state index contributed by atoms with van der Waals surface area (Å²) in [6.07, 6.45) is 3.33. The minimum absolute atomic E-state index is 0.0239. The normalized spacial score (nSPS) is 11.3. The van der Waals surface area contributed by atoms with Crippen molar-refractivity contribution in [3.05, 3.63) is 53.3 Å². The Balaban J connectivity index is 2.09. The summed E-state index contributed by atoms with van der Waals surface area (Å²) in [6, 6.07) is 9.72. The summed E-state index contributed by atoms with van der Waals surface area (Å²) in [5, 5.41) is 12.4. The van der Waals surface area contributed by atoms with Gasteiger partial charge in [0.2, 0.25) is 0 Å². The highest BCUT2D eigenvalue weighted by molar-refractivity contribution is 7.90. The van der Waals surface area contributed by atoms with E-state index in [0.717, 1.165) is 5.56 Å². The van der Waals surface area contributed by atoms with Gasteiger partial charge in [-0.25, -0.2) is 13.1 Å². The number of nitriles is 1. The first-order valence-corrected chi connectivity index (χ1v) is 9.25. The second kappa shape index (κ2) is 8.31. The molecule has 1 amide bonds. The molecule has 8 nitrogen and oxygen atoms in total. The number of aryl methyl sites for hydroxylation is 2. The Morgan fingerprint density at radius 2 is 2.04 bits per heavy atom. The van der Waals surface area contributed by atoms with Crippen molar-refractivity contribution in [2.45, 2.75) is 18.2 Å². The smallest absolute Gasteiger partial charge is 0.266 e. The molecular weight excluding hydrogens is 354 g/mol. The minimum atomic E-state index is -3.94. The number of nitrogens with one attached hydrogen (secondary N) is 2. The van der Waals surface area contributed by atoms with Gasteiger partial charge in [0, 0.05) is 19.8 Å². The lowest BCUT2D eigenvalue weighted by Crippen LogP contribution is -2.30. The zero-order chi connectivity index (χ0) is 19.2. The first-order chi connectivity index (χ1) is 12.3. The van der Waals surface area contributed by atoms with Gasteiger partial charge in [0.1, 0.15) is 0 Å². The van der Waals surface area contributed by atoms with E-state index in [1.807, 2.05) is 13.0 Å². The highest BCUT2D eigenvalue weighted by Crippen LogP contribution is 2.12. The van der Waals surface area contributed by atoms with E-state index in [1.54, 1.807) is 23.7 Å². The molecule has 0 aliphatic carbocycles. The molecule has 2 rings (SSSR count). The average Bonchev–Trinajstić information content (AvgIpc) is 2.96. The third kappa shape index (κ3) is 4.94. The van der Waals surface area contributed by atoms with Crippen molar-refractivity contribution in [3.63, 3.8) is 0 Å². The quantitative estimate of drug-likeness (QED) is 0.431. The number of rotatable bonds is 7. The number of sulfonamides is 1. The lowest BCUT2D eigenvalue weighted by atomic mass is 10.2. The fraction of sp³-hybridized carbons (Fsp3) is 0.235. The fourth-order valence-corrected chi connectivity index (χ4v) is 3.05. The van der Waals surface area contributed by atoms with Gasteiger partial charge in [-0.2, -0.15) is 10.4 Å². The van der Waals surface area contributed by atoms with Gasteiger partial charge < -0.3 is 9.99 Å². The number of hydrazone groups is 1. The van der Waals surface area contributed by atoms with Crippen LogP contribution in [0.4, 0.5) is 0 Å². The van der Waals surface area contributed by atoms with Crippen LogP contribution in [0.25, 0.3) is 0 Å². The molecule has 0 saturated heterocycles. The maximum atomic E-state index is 12.3. The van der Waals surface area contributed by atoms with Crippen LogP contribution in [0.2, 0.25) is 0 Å². The first kappa shape index (κ1) is 19.2. The van der Waals surface area contributed by atoms with Crippen molar-refractivity contribution in [3.8, 4) is 6.07 Å². The third-order valence-corrected chi connectivity index (χ3v) is 4.85. The Morgan fingerprint density at radius 3 is 2.69 bits per heavy atom. The molecule has 1 aromatic carbocycles. The van der Waals surface area contributed by atoms with E-state index in [-0.39, 0.29) is 10.5 Å². The number of amides is 1. The number of aromatic nitrogens is 1. The van der Waals surface area contributed by atoms with Gasteiger partial charge in [0.05, 0.1) is 34.9 Å². The number of hydrogen-bond donors (Lipinski definition) is 2. The number of carbonyl (C=O) groups is 1. The van der Waals surface area contributed by atoms with Crippen LogP contribution in [0.1, 0.15) is 28.0 Å². The topological polar surface area (TPSA) is 116 Å². The first-order valence-electron chi connectivity index (χ1n) is 7.76. The van der Waals surface area contributed by atoms with Gasteiger partial charge in [0.25, 0.3) is 15.9 Å². The van der Waals surface area contributed by atoms with Crippen LogP contribution in [0, 0.1) is 18.3 Å². The number of hydrogen-bond acceptors (Lipinski definition) is 6. The van der Waals surface area contributed by atoms with Crippen LogP contribution >= 0.6 is 0 Å². The molecule has 0 aliphatic rings. The van der Waals surface area contributed by atoms with Gasteiger partial charge in [-0.05, 0) is 25.1 Å². The van der Waals surface area contributed by atoms with Crippen LogP contribution < -0.4 is 10.1 Å². The minimum Gasteiger partial charge on any atom is -0.349 e. The van der Waals surface area contributed by atoms with E-state index >= 15 is 0 Å². The van der Waals surface area contributed by atoms with Crippen LogP contribution in [-0.2, 0) is 17.1 Å².